The average Bonchev–Trinajstić information content (AvgIpc) is 2.81. The molecule has 0 aliphatic heterocycles. The van der Waals surface area contributed by atoms with Crippen LogP contribution in [0.3, 0.4) is 0 Å². The van der Waals surface area contributed by atoms with Gasteiger partial charge in [0.05, 0.1) is 5.39 Å². The summed E-state index contributed by atoms with van der Waals surface area (Å²) in [4.78, 5) is 33.4. The second kappa shape index (κ2) is 8.89. The van der Waals surface area contributed by atoms with E-state index >= 15 is 0 Å². The van der Waals surface area contributed by atoms with Crippen LogP contribution < -0.4 is 11.0 Å². The van der Waals surface area contributed by atoms with Crippen LogP contribution in [0.4, 0.5) is 11.5 Å². The fraction of sp³-hybridized carbons (Fsp3) is 0.167. The van der Waals surface area contributed by atoms with Gasteiger partial charge in [-0.05, 0) is 47.9 Å². The zero-order valence-electron chi connectivity index (χ0n) is 17.8. The molecule has 2 N–H and O–H groups in total. The van der Waals surface area contributed by atoms with Gasteiger partial charge in [0.2, 0.25) is 5.91 Å². The maximum Gasteiger partial charge on any atom is 0.384 e. The number of amides is 1. The molecule has 8 nitrogen and oxygen atoms in total. The van der Waals surface area contributed by atoms with Crippen LogP contribution in [0.1, 0.15) is 19.4 Å². The molecule has 4 rings (SSSR count). The van der Waals surface area contributed by atoms with Gasteiger partial charge in [-0.25, -0.2) is 9.78 Å². The van der Waals surface area contributed by atoms with Crippen LogP contribution in [0.25, 0.3) is 22.2 Å². The molecular formula is C24H23N5O3. The zero-order chi connectivity index (χ0) is 22.7. The lowest BCUT2D eigenvalue weighted by molar-refractivity contribution is -0.129. The lowest BCUT2D eigenvalue weighted by Gasteiger charge is -2.19. The van der Waals surface area contributed by atoms with Crippen molar-refractivity contribution in [3.8, 4) is 11.1 Å². The number of rotatable bonds is 6. The topological polar surface area (TPSA) is 100 Å². The Morgan fingerprint density at radius 3 is 2.59 bits per heavy atom. The van der Waals surface area contributed by atoms with E-state index in [9.17, 15) is 14.8 Å². The second-order valence-corrected chi connectivity index (χ2v) is 7.37. The lowest BCUT2D eigenvalue weighted by atomic mass is 10.0. The summed E-state index contributed by atoms with van der Waals surface area (Å²) in [7, 11) is 0. The molecule has 1 amide bonds. The van der Waals surface area contributed by atoms with Gasteiger partial charge in [0.15, 0.2) is 5.65 Å². The van der Waals surface area contributed by atoms with Crippen LogP contribution in [0, 0.1) is 0 Å². The summed E-state index contributed by atoms with van der Waals surface area (Å²) in [5.41, 5.74) is 3.14. The van der Waals surface area contributed by atoms with E-state index in [0.29, 0.717) is 29.0 Å². The number of hydrogen-bond donors (Lipinski definition) is 2. The van der Waals surface area contributed by atoms with Crippen molar-refractivity contribution < 1.29 is 10.0 Å². The molecule has 2 aromatic heterocycles. The van der Waals surface area contributed by atoms with Crippen molar-refractivity contribution >= 4 is 28.4 Å². The molecule has 0 radical (unpaired) electrons. The average molecular weight is 429 g/mol. The third-order valence-corrected chi connectivity index (χ3v) is 5.24. The molecule has 0 saturated carbocycles. The highest BCUT2D eigenvalue weighted by molar-refractivity contribution is 5.88. The minimum Gasteiger partial charge on any atom is -0.422 e. The van der Waals surface area contributed by atoms with E-state index in [1.165, 1.54) is 6.20 Å². The first-order valence-electron chi connectivity index (χ1n) is 10.2. The smallest absolute Gasteiger partial charge is 0.384 e. The van der Waals surface area contributed by atoms with Crippen molar-refractivity contribution in [3.05, 3.63) is 82.9 Å². The number of carbonyl (C=O) groups excluding carboxylic acids is 1. The van der Waals surface area contributed by atoms with Crippen LogP contribution in [-0.2, 0) is 11.3 Å². The number of nitrogens with zero attached hydrogens (tertiary/aromatic N) is 4. The Balaban J connectivity index is 1.60. The molecule has 2 heterocycles. The Morgan fingerprint density at radius 2 is 1.88 bits per heavy atom. The van der Waals surface area contributed by atoms with Crippen LogP contribution in [0.2, 0.25) is 0 Å². The predicted octanol–water partition coefficient (Wildman–Crippen LogP) is 3.81. The standard InChI is InChI=1S/C24H23N5O3/c1-3-28(16(2)30)15-17-9-11-18(12-10-17)19-6-4-7-20(14-19)26-22-21-8-5-13-25-23(21)29(32)24(31)27-22/h4-14,32H,3,15H2,1-2H3,(H,26,27,31). The lowest BCUT2D eigenvalue weighted by Crippen LogP contribution is -2.27. The third-order valence-electron chi connectivity index (χ3n) is 5.24. The molecule has 162 valence electrons. The molecule has 32 heavy (non-hydrogen) atoms. The number of aromatic nitrogens is 3. The molecule has 0 unspecified atom stereocenters. The van der Waals surface area contributed by atoms with Gasteiger partial charge in [0.1, 0.15) is 5.82 Å². The highest BCUT2D eigenvalue weighted by Crippen LogP contribution is 2.26. The van der Waals surface area contributed by atoms with Crippen molar-refractivity contribution in [1.82, 2.24) is 19.6 Å². The molecule has 8 heteroatoms. The molecule has 4 aromatic rings. The quantitative estimate of drug-likeness (QED) is 0.452. The molecular weight excluding hydrogens is 406 g/mol. The first kappa shape index (κ1) is 21.0. The Hall–Kier alpha value is -4.20. The van der Waals surface area contributed by atoms with E-state index in [4.69, 9.17) is 0 Å². The summed E-state index contributed by atoms with van der Waals surface area (Å²) in [5.74, 6) is 0.375. The maximum atomic E-state index is 12.0. The second-order valence-electron chi connectivity index (χ2n) is 7.37. The van der Waals surface area contributed by atoms with Gasteiger partial charge < -0.3 is 15.4 Å². The fourth-order valence-corrected chi connectivity index (χ4v) is 3.52. The Kier molecular flexibility index (Phi) is 5.85. The van der Waals surface area contributed by atoms with E-state index in [1.807, 2.05) is 55.5 Å². The highest BCUT2D eigenvalue weighted by Gasteiger charge is 2.11. The summed E-state index contributed by atoms with van der Waals surface area (Å²) >= 11 is 0. The molecule has 0 fully saturated rings. The first-order valence-corrected chi connectivity index (χ1v) is 10.2. The summed E-state index contributed by atoms with van der Waals surface area (Å²) < 4.78 is 0.435. The summed E-state index contributed by atoms with van der Waals surface area (Å²) in [6.45, 7) is 4.79. The van der Waals surface area contributed by atoms with Crippen molar-refractivity contribution in [2.24, 2.45) is 0 Å². The number of carbonyl (C=O) groups is 1. The van der Waals surface area contributed by atoms with Gasteiger partial charge in [-0.3, -0.25) is 4.79 Å². The molecule has 0 aliphatic carbocycles. The highest BCUT2D eigenvalue weighted by atomic mass is 16.5. The van der Waals surface area contributed by atoms with Crippen molar-refractivity contribution in [2.45, 2.75) is 20.4 Å². The SMILES string of the molecule is CCN(Cc1ccc(-c2cccc(Nc3nc(=O)n(O)c4ncccc34)c2)cc1)C(C)=O. The zero-order valence-corrected chi connectivity index (χ0v) is 17.8. The van der Waals surface area contributed by atoms with Crippen LogP contribution >= 0.6 is 0 Å². The molecule has 0 atom stereocenters. The number of anilines is 2. The van der Waals surface area contributed by atoms with Crippen molar-refractivity contribution in [2.75, 3.05) is 11.9 Å². The molecule has 2 aromatic carbocycles. The normalized spacial score (nSPS) is 10.8. The van der Waals surface area contributed by atoms with E-state index in [-0.39, 0.29) is 11.6 Å². The number of hydrogen-bond acceptors (Lipinski definition) is 6. The molecule has 0 saturated heterocycles. The minimum absolute atomic E-state index is 0.0561. The van der Waals surface area contributed by atoms with Gasteiger partial charge in [0, 0.05) is 31.9 Å². The summed E-state index contributed by atoms with van der Waals surface area (Å²) in [6, 6.07) is 19.2. The van der Waals surface area contributed by atoms with E-state index in [2.05, 4.69) is 15.3 Å². The largest absolute Gasteiger partial charge is 0.422 e. The maximum absolute atomic E-state index is 12.0. The minimum atomic E-state index is -0.808. The van der Waals surface area contributed by atoms with Gasteiger partial charge in [-0.15, -0.1) is 4.73 Å². The molecule has 0 bridgehead atoms. The number of pyridine rings is 1. The number of nitrogens with one attached hydrogen (secondary N) is 1. The van der Waals surface area contributed by atoms with Crippen LogP contribution in [0.15, 0.2) is 71.7 Å². The Morgan fingerprint density at radius 1 is 1.09 bits per heavy atom. The van der Waals surface area contributed by atoms with Crippen LogP contribution in [0.5, 0.6) is 0 Å². The van der Waals surface area contributed by atoms with E-state index in [0.717, 1.165) is 22.4 Å². The van der Waals surface area contributed by atoms with Gasteiger partial charge in [-0.2, -0.15) is 4.98 Å². The number of benzene rings is 2. The molecule has 0 aliphatic rings. The van der Waals surface area contributed by atoms with E-state index in [1.54, 1.807) is 24.0 Å². The monoisotopic (exact) mass is 429 g/mol. The summed E-state index contributed by atoms with van der Waals surface area (Å²) in [5, 5.41) is 13.6. The van der Waals surface area contributed by atoms with Gasteiger partial charge in [-0.1, -0.05) is 36.4 Å². The van der Waals surface area contributed by atoms with Gasteiger partial charge >= 0.3 is 5.69 Å². The molecule has 0 spiro atoms. The Labute approximate surface area is 184 Å². The summed E-state index contributed by atoms with van der Waals surface area (Å²) in [6.07, 6.45) is 1.50. The van der Waals surface area contributed by atoms with Crippen molar-refractivity contribution in [3.63, 3.8) is 0 Å². The van der Waals surface area contributed by atoms with Crippen molar-refractivity contribution in [1.29, 1.82) is 0 Å². The van der Waals surface area contributed by atoms with E-state index < -0.39 is 5.69 Å². The van der Waals surface area contributed by atoms with Crippen LogP contribution in [-0.4, -0.2) is 37.3 Å². The van der Waals surface area contributed by atoms with Gasteiger partial charge in [0.25, 0.3) is 0 Å². The fourth-order valence-electron chi connectivity index (χ4n) is 3.52. The third kappa shape index (κ3) is 4.29. The first-order chi connectivity index (χ1) is 15.5. The number of fused-ring (bicyclic) bond motifs is 1. The predicted molar refractivity (Wildman–Crippen MR) is 123 cm³/mol. The Bertz CT molecular complexity index is 1330.